The van der Waals surface area contributed by atoms with E-state index in [1.807, 2.05) is 12.1 Å². The average Bonchev–Trinajstić information content (AvgIpc) is 3.19. The first-order chi connectivity index (χ1) is 15.8. The van der Waals surface area contributed by atoms with Gasteiger partial charge in [0.05, 0.1) is 19.8 Å². The molecule has 0 unspecified atom stereocenters. The van der Waals surface area contributed by atoms with Gasteiger partial charge in [0.2, 0.25) is 10.0 Å². The molecule has 1 N–H and O–H groups in total. The maximum Gasteiger partial charge on any atom is 0.309 e. The van der Waals surface area contributed by atoms with Gasteiger partial charge in [0.1, 0.15) is 12.4 Å². The minimum absolute atomic E-state index is 0. The van der Waals surface area contributed by atoms with Crippen LogP contribution in [-0.4, -0.2) is 58.8 Å². The van der Waals surface area contributed by atoms with Crippen LogP contribution in [0, 0.1) is 0 Å². The second-order valence-corrected chi connectivity index (χ2v) is 11.2. The van der Waals surface area contributed by atoms with Gasteiger partial charge >= 0.3 is 5.97 Å². The van der Waals surface area contributed by atoms with Crippen molar-refractivity contribution in [1.29, 1.82) is 0 Å². The highest BCUT2D eigenvalue weighted by Crippen LogP contribution is 2.43. The van der Waals surface area contributed by atoms with Crippen LogP contribution in [0.3, 0.4) is 0 Å². The number of esters is 1. The van der Waals surface area contributed by atoms with E-state index in [9.17, 15) is 13.2 Å². The Bertz CT molecular complexity index is 1150. The number of halogens is 1. The van der Waals surface area contributed by atoms with Gasteiger partial charge in [-0.15, -0.1) is 23.7 Å². The van der Waals surface area contributed by atoms with Crippen molar-refractivity contribution in [2.75, 3.05) is 39.5 Å². The van der Waals surface area contributed by atoms with Crippen molar-refractivity contribution in [2.24, 2.45) is 0 Å². The molecule has 0 spiro atoms. The molecule has 34 heavy (non-hydrogen) atoms. The van der Waals surface area contributed by atoms with Gasteiger partial charge in [0.15, 0.2) is 0 Å². The Kier molecular flexibility index (Phi) is 9.17. The van der Waals surface area contributed by atoms with Crippen LogP contribution < -0.4 is 9.46 Å². The van der Waals surface area contributed by atoms with E-state index >= 15 is 0 Å². The number of fused-ring (bicyclic) bond motifs is 2. The van der Waals surface area contributed by atoms with Crippen molar-refractivity contribution in [3.05, 3.63) is 56.8 Å². The molecule has 10 heteroatoms. The van der Waals surface area contributed by atoms with Crippen molar-refractivity contribution in [2.45, 2.75) is 32.3 Å². The molecule has 0 aliphatic carbocycles. The maximum absolute atomic E-state index is 11.8. The number of rotatable bonds is 7. The van der Waals surface area contributed by atoms with E-state index in [1.165, 1.54) is 35.0 Å². The number of hydrogen-bond donors (Lipinski definition) is 1. The maximum atomic E-state index is 11.8. The predicted molar refractivity (Wildman–Crippen MR) is 137 cm³/mol. The highest BCUT2D eigenvalue weighted by atomic mass is 35.5. The fourth-order valence-corrected chi connectivity index (χ4v) is 5.94. The Morgan fingerprint density at radius 3 is 2.71 bits per heavy atom. The summed E-state index contributed by atoms with van der Waals surface area (Å²) < 4.78 is 36.0. The van der Waals surface area contributed by atoms with Crippen LogP contribution in [0.5, 0.6) is 5.75 Å². The molecule has 2 aliphatic rings. The lowest BCUT2D eigenvalue weighted by Crippen LogP contribution is -2.34. The number of carbonyl (C=O) groups excluding carboxylic acids is 1. The lowest BCUT2D eigenvalue weighted by Gasteiger charge is -2.30. The van der Waals surface area contributed by atoms with Crippen molar-refractivity contribution >= 4 is 45.3 Å². The Morgan fingerprint density at radius 2 is 2.00 bits per heavy atom. The fraction of sp³-hybridized carbons (Fsp3) is 0.458. The number of nitrogens with zero attached hydrogens (tertiary/aromatic N) is 1. The van der Waals surface area contributed by atoms with Crippen molar-refractivity contribution in [1.82, 2.24) is 9.62 Å². The molecule has 2 aliphatic heterocycles. The summed E-state index contributed by atoms with van der Waals surface area (Å²) in [5.74, 6) is 0.595. The number of sulfonamides is 1. The number of ether oxygens (including phenoxy) is 2. The number of likely N-dealkylation sites (tertiary alicyclic amines) is 1. The number of thiophene rings is 1. The zero-order valence-electron chi connectivity index (χ0n) is 19.5. The number of benzene rings is 1. The zero-order chi connectivity index (χ0) is 23.4. The van der Waals surface area contributed by atoms with Crippen LogP contribution >= 0.6 is 23.7 Å². The van der Waals surface area contributed by atoms with Crippen LogP contribution in [0.25, 0.3) is 5.57 Å². The lowest BCUT2D eigenvalue weighted by molar-refractivity contribution is -0.139. The quantitative estimate of drug-likeness (QED) is 0.438. The van der Waals surface area contributed by atoms with Gasteiger partial charge in [-0.3, -0.25) is 4.79 Å². The zero-order valence-corrected chi connectivity index (χ0v) is 21.9. The standard InChI is InChI=1S/C24H30N2O5S2.ClH/c1-30-22(27)15-17-4-5-21-20(14-17)23(24-19(16-31-21)8-13-32-24)18-6-11-26(12-7-18)10-3-9-25-33(2,28)29;/h4-5,8,13-14,25H,3,6-7,9-12,15-16H2,1-2H3;1H. The summed E-state index contributed by atoms with van der Waals surface area (Å²) in [6, 6.07) is 8.11. The molecule has 0 radical (unpaired) electrons. The van der Waals surface area contributed by atoms with E-state index in [-0.39, 0.29) is 24.8 Å². The largest absolute Gasteiger partial charge is 0.488 e. The summed E-state index contributed by atoms with van der Waals surface area (Å²) in [5, 5.41) is 2.11. The average molecular weight is 527 g/mol. The SMILES string of the molecule is COC(=O)Cc1ccc2c(c1)C(=C1CCN(CCCNS(C)(=O)=O)CC1)c1sccc1CO2.Cl. The minimum atomic E-state index is -3.13. The van der Waals surface area contributed by atoms with Crippen molar-refractivity contribution in [3.63, 3.8) is 0 Å². The van der Waals surface area contributed by atoms with E-state index < -0.39 is 10.0 Å². The Hall–Kier alpha value is -1.91. The molecule has 186 valence electrons. The summed E-state index contributed by atoms with van der Waals surface area (Å²) in [6.45, 7) is 3.76. The molecule has 1 aromatic heterocycles. The van der Waals surface area contributed by atoms with Gasteiger partial charge in [-0.1, -0.05) is 11.6 Å². The van der Waals surface area contributed by atoms with Crippen LogP contribution in [0.1, 0.15) is 40.8 Å². The van der Waals surface area contributed by atoms with E-state index in [1.54, 1.807) is 11.3 Å². The summed E-state index contributed by atoms with van der Waals surface area (Å²) in [5.41, 5.74) is 5.82. The second kappa shape index (κ2) is 11.7. The fourth-order valence-electron chi connectivity index (χ4n) is 4.40. The summed E-state index contributed by atoms with van der Waals surface area (Å²) in [6.07, 6.45) is 4.12. The number of hydrogen-bond acceptors (Lipinski definition) is 7. The van der Waals surface area contributed by atoms with Gasteiger partial charge in [-0.2, -0.15) is 0 Å². The van der Waals surface area contributed by atoms with E-state index in [4.69, 9.17) is 9.47 Å². The number of piperidine rings is 1. The molecule has 0 amide bonds. The normalized spacial score (nSPS) is 16.1. The van der Waals surface area contributed by atoms with Gasteiger partial charge < -0.3 is 14.4 Å². The van der Waals surface area contributed by atoms with Crippen LogP contribution in [0.2, 0.25) is 0 Å². The molecule has 3 heterocycles. The molecular weight excluding hydrogens is 496 g/mol. The minimum Gasteiger partial charge on any atom is -0.488 e. The lowest BCUT2D eigenvalue weighted by atomic mass is 9.89. The first-order valence-electron chi connectivity index (χ1n) is 11.1. The van der Waals surface area contributed by atoms with Crippen LogP contribution in [0.15, 0.2) is 35.2 Å². The molecule has 4 rings (SSSR count). The van der Waals surface area contributed by atoms with Crippen molar-refractivity contribution in [3.8, 4) is 5.75 Å². The Morgan fingerprint density at radius 1 is 1.24 bits per heavy atom. The highest BCUT2D eigenvalue weighted by Gasteiger charge is 2.26. The van der Waals surface area contributed by atoms with Gasteiger partial charge in [-0.25, -0.2) is 13.1 Å². The molecule has 1 fully saturated rings. The molecule has 2 aromatic rings. The van der Waals surface area contributed by atoms with Crippen LogP contribution in [-0.2, 0) is 32.6 Å². The van der Waals surface area contributed by atoms with E-state index in [0.29, 0.717) is 13.2 Å². The topological polar surface area (TPSA) is 84.9 Å². The molecule has 1 aromatic carbocycles. The number of methoxy groups -OCH3 is 1. The molecule has 0 atom stereocenters. The number of nitrogens with one attached hydrogen (secondary N) is 1. The smallest absolute Gasteiger partial charge is 0.309 e. The highest BCUT2D eigenvalue weighted by molar-refractivity contribution is 7.88. The Labute approximate surface area is 211 Å². The summed E-state index contributed by atoms with van der Waals surface area (Å²) in [4.78, 5) is 15.5. The third kappa shape index (κ3) is 6.60. The molecule has 0 saturated carbocycles. The monoisotopic (exact) mass is 526 g/mol. The first kappa shape index (κ1) is 26.7. The molecule has 7 nitrogen and oxygen atoms in total. The van der Waals surface area contributed by atoms with Gasteiger partial charge in [0, 0.05) is 41.2 Å². The van der Waals surface area contributed by atoms with E-state index in [0.717, 1.165) is 55.8 Å². The van der Waals surface area contributed by atoms with E-state index in [2.05, 4.69) is 27.1 Å². The number of carbonyl (C=O) groups is 1. The third-order valence-electron chi connectivity index (χ3n) is 6.07. The molecule has 1 saturated heterocycles. The van der Waals surface area contributed by atoms with Gasteiger partial charge in [0.25, 0.3) is 0 Å². The van der Waals surface area contributed by atoms with Gasteiger partial charge in [-0.05, 0) is 54.9 Å². The molecule has 0 bridgehead atoms. The first-order valence-corrected chi connectivity index (χ1v) is 13.9. The van der Waals surface area contributed by atoms with Crippen LogP contribution in [0.4, 0.5) is 0 Å². The Balaban J connectivity index is 0.00000324. The molecular formula is C24H31ClN2O5S2. The van der Waals surface area contributed by atoms with Crippen molar-refractivity contribution < 1.29 is 22.7 Å². The second-order valence-electron chi connectivity index (χ2n) is 8.49. The third-order valence-corrected chi connectivity index (χ3v) is 7.78. The predicted octanol–water partition coefficient (Wildman–Crippen LogP) is 3.61. The summed E-state index contributed by atoms with van der Waals surface area (Å²) >= 11 is 1.74. The summed E-state index contributed by atoms with van der Waals surface area (Å²) in [7, 11) is -1.73.